The van der Waals surface area contributed by atoms with E-state index in [4.69, 9.17) is 4.74 Å². The van der Waals surface area contributed by atoms with E-state index in [2.05, 4.69) is 5.10 Å². The molecule has 0 aliphatic carbocycles. The molecule has 126 valence electrons. The number of benzene rings is 1. The van der Waals surface area contributed by atoms with Gasteiger partial charge in [-0.15, -0.1) is 0 Å². The van der Waals surface area contributed by atoms with Crippen LogP contribution < -0.4 is 0 Å². The number of hydrogen-bond donors (Lipinski definition) is 1. The molecule has 7 heteroatoms. The summed E-state index contributed by atoms with van der Waals surface area (Å²) in [5.41, 5.74) is 1.07. The van der Waals surface area contributed by atoms with Crippen LogP contribution in [0.5, 0.6) is 0 Å². The molecule has 0 spiro atoms. The number of aromatic nitrogens is 2. The summed E-state index contributed by atoms with van der Waals surface area (Å²) in [6.45, 7) is 1.23. The third-order valence-corrected chi connectivity index (χ3v) is 4.10. The van der Waals surface area contributed by atoms with Crippen molar-refractivity contribution >= 4 is 12.1 Å². The van der Waals surface area contributed by atoms with E-state index < -0.39 is 5.97 Å². The number of carbonyl (C=O) groups is 2. The fraction of sp³-hybridized carbons (Fsp3) is 0.353. The van der Waals surface area contributed by atoms with Crippen LogP contribution in [0.15, 0.2) is 42.6 Å². The van der Waals surface area contributed by atoms with E-state index in [1.807, 2.05) is 30.3 Å². The molecule has 1 fully saturated rings. The molecule has 3 rings (SSSR count). The number of hydrogen-bond acceptors (Lipinski definition) is 4. The molecule has 1 aliphatic heterocycles. The van der Waals surface area contributed by atoms with Crippen molar-refractivity contribution in [3.63, 3.8) is 0 Å². The van der Waals surface area contributed by atoms with E-state index in [1.54, 1.807) is 4.90 Å². The van der Waals surface area contributed by atoms with E-state index in [9.17, 15) is 14.7 Å². The maximum Gasteiger partial charge on any atom is 0.410 e. The Morgan fingerprint density at radius 3 is 2.79 bits per heavy atom. The third-order valence-electron chi connectivity index (χ3n) is 4.10. The lowest BCUT2D eigenvalue weighted by Crippen LogP contribution is -2.41. The molecule has 7 nitrogen and oxygen atoms in total. The van der Waals surface area contributed by atoms with Crippen molar-refractivity contribution in [1.82, 2.24) is 14.7 Å². The quantitative estimate of drug-likeness (QED) is 0.932. The molecule has 24 heavy (non-hydrogen) atoms. The maximum atomic E-state index is 12.3. The van der Waals surface area contributed by atoms with Crippen molar-refractivity contribution in [2.45, 2.75) is 25.5 Å². The molecule has 1 unspecified atom stereocenters. The van der Waals surface area contributed by atoms with Crippen LogP contribution >= 0.6 is 0 Å². The Morgan fingerprint density at radius 1 is 1.25 bits per heavy atom. The molecular formula is C17H19N3O4. The van der Waals surface area contributed by atoms with Crippen LogP contribution in [0.4, 0.5) is 4.79 Å². The van der Waals surface area contributed by atoms with Crippen LogP contribution in [0, 0.1) is 0 Å². The minimum atomic E-state index is -1.02. The fourth-order valence-corrected chi connectivity index (χ4v) is 2.91. The highest BCUT2D eigenvalue weighted by Gasteiger charge is 2.28. The monoisotopic (exact) mass is 329 g/mol. The van der Waals surface area contributed by atoms with E-state index in [1.165, 1.54) is 16.9 Å². The van der Waals surface area contributed by atoms with Crippen molar-refractivity contribution in [3.05, 3.63) is 53.9 Å². The van der Waals surface area contributed by atoms with Gasteiger partial charge >= 0.3 is 12.1 Å². The number of nitrogens with zero attached hydrogens (tertiary/aromatic N) is 3. The van der Waals surface area contributed by atoms with E-state index in [0.717, 1.165) is 18.4 Å². The Balaban J connectivity index is 1.61. The zero-order valence-electron chi connectivity index (χ0n) is 13.2. The highest BCUT2D eigenvalue weighted by molar-refractivity contribution is 5.85. The predicted octanol–water partition coefficient (Wildman–Crippen LogP) is 2.56. The summed E-state index contributed by atoms with van der Waals surface area (Å²) in [5.74, 6) is -1.02. The topological polar surface area (TPSA) is 84.7 Å². The first-order valence-corrected chi connectivity index (χ1v) is 7.87. The molecule has 1 amide bonds. The van der Waals surface area contributed by atoms with Crippen LogP contribution in [-0.4, -0.2) is 44.9 Å². The van der Waals surface area contributed by atoms with Crippen molar-refractivity contribution in [1.29, 1.82) is 0 Å². The summed E-state index contributed by atoms with van der Waals surface area (Å²) in [5, 5.41) is 13.3. The smallest absolute Gasteiger partial charge is 0.410 e. The molecule has 0 saturated carbocycles. The van der Waals surface area contributed by atoms with Gasteiger partial charge in [0.2, 0.25) is 0 Å². The number of carboxylic acid groups (broad SMARTS) is 1. The number of ether oxygens (including phenoxy) is 1. The molecule has 1 atom stereocenters. The van der Waals surface area contributed by atoms with E-state index >= 15 is 0 Å². The average molecular weight is 329 g/mol. The molecule has 1 aliphatic rings. The van der Waals surface area contributed by atoms with Crippen LogP contribution in [0.25, 0.3) is 0 Å². The van der Waals surface area contributed by atoms with Gasteiger partial charge in [0.25, 0.3) is 0 Å². The number of carbonyl (C=O) groups excluding carboxylic acids is 1. The number of piperidine rings is 1. The fourth-order valence-electron chi connectivity index (χ4n) is 2.91. The minimum Gasteiger partial charge on any atom is -0.477 e. The van der Waals surface area contributed by atoms with Crippen molar-refractivity contribution in [2.24, 2.45) is 0 Å². The van der Waals surface area contributed by atoms with Crippen molar-refractivity contribution in [2.75, 3.05) is 13.1 Å². The normalized spacial score (nSPS) is 17.5. The second kappa shape index (κ2) is 7.16. The molecular weight excluding hydrogens is 310 g/mol. The van der Waals surface area contributed by atoms with Crippen LogP contribution in [0.2, 0.25) is 0 Å². The highest BCUT2D eigenvalue weighted by atomic mass is 16.6. The number of carboxylic acids is 1. The number of amides is 1. The molecule has 1 aromatic heterocycles. The van der Waals surface area contributed by atoms with Crippen LogP contribution in [-0.2, 0) is 11.3 Å². The lowest BCUT2D eigenvalue weighted by atomic mass is 10.1. The summed E-state index contributed by atoms with van der Waals surface area (Å²) in [6.07, 6.45) is 2.65. The molecule has 1 saturated heterocycles. The second-order valence-electron chi connectivity index (χ2n) is 5.75. The van der Waals surface area contributed by atoms with Gasteiger partial charge in [-0.1, -0.05) is 30.3 Å². The lowest BCUT2D eigenvalue weighted by molar-refractivity contribution is 0.0662. The molecule has 2 heterocycles. The number of likely N-dealkylation sites (tertiary alicyclic amines) is 1. The van der Waals surface area contributed by atoms with Gasteiger partial charge in [-0.2, -0.15) is 5.10 Å². The van der Waals surface area contributed by atoms with Gasteiger partial charge in [0.1, 0.15) is 12.3 Å². The Hall–Kier alpha value is -2.83. The zero-order chi connectivity index (χ0) is 16.9. The number of rotatable bonds is 4. The van der Waals surface area contributed by atoms with Gasteiger partial charge in [0.15, 0.2) is 0 Å². The molecule has 0 bridgehead atoms. The Bertz CT molecular complexity index is 714. The molecule has 0 radical (unpaired) electrons. The Kier molecular flexibility index (Phi) is 4.79. The summed E-state index contributed by atoms with van der Waals surface area (Å²) in [6, 6.07) is 10.8. The highest BCUT2D eigenvalue weighted by Crippen LogP contribution is 2.23. The first-order chi connectivity index (χ1) is 11.6. The SMILES string of the molecule is O=C(O)c1ccnn1C1CCCN(C(=O)OCc2ccccc2)C1. The molecule has 1 N–H and O–H groups in total. The Morgan fingerprint density at radius 2 is 2.04 bits per heavy atom. The molecule has 1 aromatic carbocycles. The van der Waals surface area contributed by atoms with Crippen molar-refractivity contribution < 1.29 is 19.4 Å². The minimum absolute atomic E-state index is 0.138. The standard InChI is InChI=1S/C17H19N3O4/c21-16(22)15-8-9-18-20(15)14-7-4-10-19(11-14)17(23)24-12-13-5-2-1-3-6-13/h1-3,5-6,8-9,14H,4,7,10-12H2,(H,21,22). The lowest BCUT2D eigenvalue weighted by Gasteiger charge is -2.32. The number of aromatic carboxylic acids is 1. The van der Waals surface area contributed by atoms with Gasteiger partial charge in [-0.25, -0.2) is 9.59 Å². The summed E-state index contributed by atoms with van der Waals surface area (Å²) < 4.78 is 6.84. The van der Waals surface area contributed by atoms with Crippen molar-refractivity contribution in [3.8, 4) is 0 Å². The third kappa shape index (κ3) is 3.56. The van der Waals surface area contributed by atoms with Gasteiger partial charge in [-0.3, -0.25) is 4.68 Å². The molecule has 2 aromatic rings. The van der Waals surface area contributed by atoms with Gasteiger partial charge in [0, 0.05) is 19.3 Å². The van der Waals surface area contributed by atoms with Gasteiger partial charge in [-0.05, 0) is 24.5 Å². The van der Waals surface area contributed by atoms with E-state index in [-0.39, 0.29) is 24.4 Å². The maximum absolute atomic E-state index is 12.3. The Labute approximate surface area is 139 Å². The summed E-state index contributed by atoms with van der Waals surface area (Å²) >= 11 is 0. The van der Waals surface area contributed by atoms with Gasteiger partial charge in [0.05, 0.1) is 6.04 Å². The largest absolute Gasteiger partial charge is 0.477 e. The van der Waals surface area contributed by atoms with Crippen LogP contribution in [0.1, 0.15) is 34.9 Å². The first-order valence-electron chi connectivity index (χ1n) is 7.87. The zero-order valence-corrected chi connectivity index (χ0v) is 13.2. The summed E-state index contributed by atoms with van der Waals surface area (Å²) in [7, 11) is 0. The van der Waals surface area contributed by atoms with Crippen LogP contribution in [0.3, 0.4) is 0 Å². The van der Waals surface area contributed by atoms with Gasteiger partial charge < -0.3 is 14.7 Å². The average Bonchev–Trinajstić information content (AvgIpc) is 3.11. The summed E-state index contributed by atoms with van der Waals surface area (Å²) in [4.78, 5) is 25.1. The van der Waals surface area contributed by atoms with E-state index in [0.29, 0.717) is 13.1 Å². The predicted molar refractivity (Wildman–Crippen MR) is 85.7 cm³/mol. The first kappa shape index (κ1) is 16.0. The second-order valence-corrected chi connectivity index (χ2v) is 5.75.